The Hall–Kier alpha value is -1.30. The lowest BCUT2D eigenvalue weighted by Crippen LogP contribution is -2.46. The molecule has 0 aromatic heterocycles. The van der Waals surface area contributed by atoms with E-state index >= 15 is 0 Å². The van der Waals surface area contributed by atoms with Gasteiger partial charge in [-0.2, -0.15) is 0 Å². The lowest BCUT2D eigenvalue weighted by Gasteiger charge is -2.22. The van der Waals surface area contributed by atoms with Crippen molar-refractivity contribution in [1.82, 2.24) is 5.32 Å². The number of carbonyl (C=O) groups excluding carboxylic acids is 1. The Morgan fingerprint density at radius 3 is 1.79 bits per heavy atom. The van der Waals surface area contributed by atoms with Crippen LogP contribution in [0.4, 0.5) is 4.79 Å². The maximum absolute atomic E-state index is 11.5. The van der Waals surface area contributed by atoms with Crippen LogP contribution in [-0.4, -0.2) is 42.0 Å². The maximum Gasteiger partial charge on any atom is 0.408 e. The molecule has 0 saturated carbocycles. The van der Waals surface area contributed by atoms with E-state index in [-0.39, 0.29) is 6.61 Å². The summed E-state index contributed by atoms with van der Waals surface area (Å²) in [7, 11) is 0. The number of carboxylic acids is 1. The third-order valence-corrected chi connectivity index (χ3v) is 2.78. The molecule has 146 valence electrons. The van der Waals surface area contributed by atoms with Crippen molar-refractivity contribution in [2.24, 2.45) is 5.92 Å². The lowest BCUT2D eigenvalue weighted by molar-refractivity contribution is -0.141. The molecule has 0 aliphatic rings. The van der Waals surface area contributed by atoms with Crippen molar-refractivity contribution in [2.45, 2.75) is 86.8 Å². The van der Waals surface area contributed by atoms with Gasteiger partial charge in [-0.15, -0.1) is 0 Å². The van der Waals surface area contributed by atoms with Crippen LogP contribution in [0.1, 0.15) is 75.2 Å². The molecule has 0 bridgehead atoms. The Bertz CT molecular complexity index is 309. The summed E-state index contributed by atoms with van der Waals surface area (Å²) in [5.41, 5.74) is -0.663. The van der Waals surface area contributed by atoms with E-state index in [0.717, 1.165) is 12.8 Å². The number of carboxylic acid groups (broad SMARTS) is 1. The van der Waals surface area contributed by atoms with Crippen molar-refractivity contribution in [3.63, 3.8) is 0 Å². The Morgan fingerprint density at radius 2 is 1.46 bits per heavy atom. The molecular weight excluding hydrogens is 310 g/mol. The van der Waals surface area contributed by atoms with Crippen molar-refractivity contribution < 1.29 is 24.2 Å². The highest BCUT2D eigenvalue weighted by Crippen LogP contribution is 2.09. The molecule has 0 fully saturated rings. The fourth-order valence-corrected chi connectivity index (χ4v) is 1.50. The van der Waals surface area contributed by atoms with Crippen LogP contribution in [0.25, 0.3) is 0 Å². The minimum absolute atomic E-state index is 0.0644. The Morgan fingerprint density at radius 1 is 1.00 bits per heavy atom. The van der Waals surface area contributed by atoms with Crippen LogP contribution in [0.5, 0.6) is 0 Å². The van der Waals surface area contributed by atoms with Crippen LogP contribution in [0.15, 0.2) is 0 Å². The van der Waals surface area contributed by atoms with E-state index in [9.17, 15) is 9.59 Å². The van der Waals surface area contributed by atoms with Gasteiger partial charge in [0, 0.05) is 6.61 Å². The molecule has 1 atom stereocenters. The standard InChI is InChI=1S/C14H27NO5.2C2H6/c1-6-10(7-2)8-19-9-11(12(16)17)15-13(18)20-14(3,4)5;2*1-2/h10-11H,6-9H2,1-5H3,(H,15,18)(H,16,17);2*1-2H3. The summed E-state index contributed by atoms with van der Waals surface area (Å²) < 4.78 is 10.4. The zero-order valence-corrected chi connectivity index (χ0v) is 17.1. The van der Waals surface area contributed by atoms with Gasteiger partial charge in [0.15, 0.2) is 6.04 Å². The molecule has 0 aromatic carbocycles. The van der Waals surface area contributed by atoms with Crippen molar-refractivity contribution in [2.75, 3.05) is 13.2 Å². The average molecular weight is 350 g/mol. The Balaban J connectivity index is -0.00000102. The van der Waals surface area contributed by atoms with Crippen molar-refractivity contribution in [3.8, 4) is 0 Å². The van der Waals surface area contributed by atoms with Gasteiger partial charge in [-0.1, -0.05) is 54.4 Å². The molecule has 0 aromatic rings. The third kappa shape index (κ3) is 17.1. The Labute approximate surface area is 148 Å². The summed E-state index contributed by atoms with van der Waals surface area (Å²) in [4.78, 5) is 22.6. The number of amides is 1. The van der Waals surface area contributed by atoms with Crippen LogP contribution in [0.2, 0.25) is 0 Å². The van der Waals surface area contributed by atoms with Gasteiger partial charge in [0.2, 0.25) is 0 Å². The normalized spacial score (nSPS) is 11.4. The van der Waals surface area contributed by atoms with Crippen LogP contribution >= 0.6 is 0 Å². The van der Waals surface area contributed by atoms with Crippen molar-refractivity contribution in [1.29, 1.82) is 0 Å². The van der Waals surface area contributed by atoms with E-state index in [0.29, 0.717) is 12.5 Å². The smallest absolute Gasteiger partial charge is 0.408 e. The first kappa shape index (κ1) is 27.5. The highest BCUT2D eigenvalue weighted by Gasteiger charge is 2.24. The van der Waals surface area contributed by atoms with Gasteiger partial charge in [0.25, 0.3) is 0 Å². The van der Waals surface area contributed by atoms with Gasteiger partial charge in [0.1, 0.15) is 5.60 Å². The first-order valence-corrected chi connectivity index (χ1v) is 8.99. The molecule has 6 nitrogen and oxygen atoms in total. The van der Waals surface area contributed by atoms with Crippen LogP contribution in [0, 0.1) is 5.92 Å². The second kappa shape index (κ2) is 16.6. The van der Waals surface area contributed by atoms with Gasteiger partial charge >= 0.3 is 12.1 Å². The molecule has 6 heteroatoms. The second-order valence-corrected chi connectivity index (χ2v) is 5.76. The average Bonchev–Trinajstić information content (AvgIpc) is 2.52. The molecule has 2 N–H and O–H groups in total. The lowest BCUT2D eigenvalue weighted by atomic mass is 10.1. The molecular formula is C18H39NO5. The van der Waals surface area contributed by atoms with Crippen LogP contribution < -0.4 is 5.32 Å². The van der Waals surface area contributed by atoms with E-state index in [1.165, 1.54) is 0 Å². The zero-order chi connectivity index (χ0) is 19.8. The van der Waals surface area contributed by atoms with Crippen LogP contribution in [0.3, 0.4) is 0 Å². The van der Waals surface area contributed by atoms with E-state index in [2.05, 4.69) is 19.2 Å². The van der Waals surface area contributed by atoms with Crippen LogP contribution in [-0.2, 0) is 14.3 Å². The van der Waals surface area contributed by atoms with Gasteiger partial charge in [-0.05, 0) is 26.7 Å². The summed E-state index contributed by atoms with van der Waals surface area (Å²) in [6.07, 6.45) is 1.21. The fourth-order valence-electron chi connectivity index (χ4n) is 1.50. The first-order valence-electron chi connectivity index (χ1n) is 8.99. The number of aliphatic carboxylic acids is 1. The quantitative estimate of drug-likeness (QED) is 0.675. The monoisotopic (exact) mass is 349 g/mol. The van der Waals surface area contributed by atoms with E-state index in [1.807, 2.05) is 27.7 Å². The molecule has 0 heterocycles. The number of carbonyl (C=O) groups is 2. The minimum Gasteiger partial charge on any atom is -0.480 e. The maximum atomic E-state index is 11.5. The molecule has 0 aliphatic carbocycles. The SMILES string of the molecule is CC.CC.CCC(CC)COCC(NC(=O)OC(C)(C)C)C(=O)O. The fraction of sp³-hybridized carbons (Fsp3) is 0.889. The van der Waals surface area contributed by atoms with E-state index in [1.54, 1.807) is 20.8 Å². The molecule has 1 unspecified atom stereocenters. The number of hydrogen-bond donors (Lipinski definition) is 2. The summed E-state index contributed by atoms with van der Waals surface area (Å²) in [6, 6.07) is -1.10. The zero-order valence-electron chi connectivity index (χ0n) is 17.1. The van der Waals surface area contributed by atoms with Gasteiger partial charge in [0.05, 0.1) is 6.61 Å². The number of rotatable bonds is 8. The van der Waals surface area contributed by atoms with Crippen molar-refractivity contribution >= 4 is 12.1 Å². The summed E-state index contributed by atoms with van der Waals surface area (Å²) in [5.74, 6) is -0.730. The summed E-state index contributed by atoms with van der Waals surface area (Å²) >= 11 is 0. The largest absolute Gasteiger partial charge is 0.480 e. The van der Waals surface area contributed by atoms with Gasteiger partial charge in [-0.3, -0.25) is 0 Å². The highest BCUT2D eigenvalue weighted by atomic mass is 16.6. The minimum atomic E-state index is -1.14. The Kier molecular flexibility index (Phi) is 19.0. The highest BCUT2D eigenvalue weighted by molar-refractivity contribution is 5.80. The number of nitrogens with one attached hydrogen (secondary N) is 1. The molecule has 24 heavy (non-hydrogen) atoms. The van der Waals surface area contributed by atoms with Crippen molar-refractivity contribution in [3.05, 3.63) is 0 Å². The number of hydrogen-bond acceptors (Lipinski definition) is 4. The van der Waals surface area contributed by atoms with Gasteiger partial charge in [-0.25, -0.2) is 9.59 Å². The molecule has 0 aliphatic heterocycles. The predicted molar refractivity (Wildman–Crippen MR) is 98.4 cm³/mol. The number of alkyl carbamates (subject to hydrolysis) is 1. The first-order chi connectivity index (χ1) is 11.2. The summed E-state index contributed by atoms with van der Waals surface area (Å²) in [5, 5.41) is 11.3. The van der Waals surface area contributed by atoms with E-state index in [4.69, 9.17) is 14.6 Å². The third-order valence-electron chi connectivity index (χ3n) is 2.78. The topological polar surface area (TPSA) is 84.9 Å². The second-order valence-electron chi connectivity index (χ2n) is 5.76. The molecule has 0 saturated heterocycles. The summed E-state index contributed by atoms with van der Waals surface area (Å²) in [6.45, 7) is 17.7. The number of ether oxygens (including phenoxy) is 2. The van der Waals surface area contributed by atoms with E-state index < -0.39 is 23.7 Å². The molecule has 0 radical (unpaired) electrons. The van der Waals surface area contributed by atoms with Gasteiger partial charge < -0.3 is 19.9 Å². The predicted octanol–water partition coefficient (Wildman–Crippen LogP) is 4.47. The molecule has 0 spiro atoms. The molecule has 0 rings (SSSR count). The molecule has 1 amide bonds.